The zero-order valence-corrected chi connectivity index (χ0v) is 17.6. The molecule has 4 atom stereocenters. The molecule has 0 aliphatic carbocycles. The molecule has 0 fully saturated rings. The van der Waals surface area contributed by atoms with E-state index >= 15 is 0 Å². The van der Waals surface area contributed by atoms with Gasteiger partial charge in [0.25, 0.3) is 0 Å². The first kappa shape index (κ1) is 23.9. The molecular weight excluding hydrogens is 312 g/mol. The van der Waals surface area contributed by atoms with Crippen LogP contribution < -0.4 is 0 Å². The highest BCUT2D eigenvalue weighted by atomic mass is 16.5. The molecule has 0 aliphatic rings. The van der Waals surface area contributed by atoms with E-state index in [4.69, 9.17) is 4.74 Å². The molecule has 0 aliphatic heterocycles. The highest BCUT2D eigenvalue weighted by molar-refractivity contribution is 5.83. The lowest BCUT2D eigenvalue weighted by molar-refractivity contribution is -0.127. The molecule has 0 aromatic rings. The van der Waals surface area contributed by atoms with Gasteiger partial charge in [0.05, 0.1) is 5.76 Å². The summed E-state index contributed by atoms with van der Waals surface area (Å²) in [5.41, 5.74) is 0. The van der Waals surface area contributed by atoms with Crippen LogP contribution in [0, 0.1) is 23.7 Å². The fourth-order valence-electron chi connectivity index (χ4n) is 3.31. The van der Waals surface area contributed by atoms with Gasteiger partial charge in [0.2, 0.25) is 0 Å². The summed E-state index contributed by atoms with van der Waals surface area (Å²) >= 11 is 0. The quantitative estimate of drug-likeness (QED) is 0.362. The van der Waals surface area contributed by atoms with Crippen LogP contribution in [0.2, 0.25) is 0 Å². The van der Waals surface area contributed by atoms with Crippen LogP contribution in [-0.4, -0.2) is 17.7 Å². The molecule has 0 aromatic carbocycles. The summed E-state index contributed by atoms with van der Waals surface area (Å²) in [5.74, 6) is 2.09. The Balaban J connectivity index is 4.74. The van der Waals surface area contributed by atoms with Gasteiger partial charge in [-0.15, -0.1) is 0 Å². The van der Waals surface area contributed by atoms with E-state index in [1.165, 1.54) is 0 Å². The predicted molar refractivity (Wildman–Crippen MR) is 105 cm³/mol. The van der Waals surface area contributed by atoms with E-state index in [2.05, 4.69) is 27.4 Å². The Bertz CT molecular complexity index is 425. The lowest BCUT2D eigenvalue weighted by atomic mass is 9.84. The van der Waals surface area contributed by atoms with E-state index in [-0.39, 0.29) is 23.5 Å². The minimum Gasteiger partial charge on any atom is -0.488 e. The van der Waals surface area contributed by atoms with Crippen LogP contribution in [0.3, 0.4) is 0 Å². The maximum absolute atomic E-state index is 12.4. The summed E-state index contributed by atoms with van der Waals surface area (Å²) in [6, 6.07) is 0. The molecule has 0 aromatic heterocycles. The number of rotatable bonds is 14. The van der Waals surface area contributed by atoms with E-state index in [0.717, 1.165) is 32.1 Å². The van der Waals surface area contributed by atoms with Crippen LogP contribution in [0.1, 0.15) is 87.0 Å². The molecular formula is C22H40O3. The first-order valence-electron chi connectivity index (χ1n) is 10.1. The molecule has 0 radical (unpaired) electrons. The smallest absolute Gasteiger partial charge is 0.172 e. The van der Waals surface area contributed by atoms with Gasteiger partial charge < -0.3 is 4.74 Å². The molecule has 3 nitrogen and oxygen atoms in total. The van der Waals surface area contributed by atoms with Crippen LogP contribution in [-0.2, 0) is 14.3 Å². The van der Waals surface area contributed by atoms with E-state index in [9.17, 15) is 9.59 Å². The Hall–Kier alpha value is -1.12. The monoisotopic (exact) mass is 352 g/mol. The number of carbonyl (C=O) groups excluding carboxylic acids is 2. The van der Waals surface area contributed by atoms with Crippen LogP contribution in [0.15, 0.2) is 12.3 Å². The molecule has 0 saturated carbocycles. The minimum atomic E-state index is -0.434. The van der Waals surface area contributed by atoms with E-state index in [1.54, 1.807) is 6.92 Å². The standard InChI is InChI=1S/C22H40O3/c1-9-11-16(5)22(24)17(6)12-13-20(14-15(3)4)18(7)25-19(8)21(23)10-2/h15-17,19-20H,7,9-14H2,1-6,8H3. The molecule has 3 heteroatoms. The fourth-order valence-corrected chi connectivity index (χ4v) is 3.31. The Morgan fingerprint density at radius 2 is 1.48 bits per heavy atom. The number of hydrogen-bond donors (Lipinski definition) is 0. The molecule has 0 amide bonds. The summed E-state index contributed by atoms with van der Waals surface area (Å²) in [6.07, 6.45) is 4.75. The summed E-state index contributed by atoms with van der Waals surface area (Å²) in [5, 5.41) is 0. The third kappa shape index (κ3) is 9.23. The van der Waals surface area contributed by atoms with Crippen molar-refractivity contribution in [3.05, 3.63) is 12.3 Å². The number of carbonyl (C=O) groups is 2. The molecule has 0 spiro atoms. The topological polar surface area (TPSA) is 43.4 Å². The first-order chi connectivity index (χ1) is 11.6. The van der Waals surface area contributed by atoms with Crippen LogP contribution in [0.25, 0.3) is 0 Å². The van der Waals surface area contributed by atoms with Gasteiger partial charge in [-0.25, -0.2) is 0 Å². The van der Waals surface area contributed by atoms with E-state index in [1.807, 2.05) is 20.8 Å². The normalized spacial score (nSPS) is 16.2. The Labute approximate surface area is 155 Å². The second-order valence-electron chi connectivity index (χ2n) is 7.94. The maximum atomic E-state index is 12.4. The molecule has 0 N–H and O–H groups in total. The third-order valence-corrected chi connectivity index (χ3v) is 4.98. The van der Waals surface area contributed by atoms with E-state index < -0.39 is 6.10 Å². The largest absolute Gasteiger partial charge is 0.488 e. The summed E-state index contributed by atoms with van der Waals surface area (Å²) < 4.78 is 5.82. The Kier molecular flexibility index (Phi) is 11.7. The zero-order chi connectivity index (χ0) is 19.6. The summed E-state index contributed by atoms with van der Waals surface area (Å²) in [6.45, 7) is 18.3. The molecule has 0 saturated heterocycles. The van der Waals surface area contributed by atoms with Gasteiger partial charge >= 0.3 is 0 Å². The summed E-state index contributed by atoms with van der Waals surface area (Å²) in [4.78, 5) is 24.2. The predicted octanol–water partition coefficient (Wildman–Crippen LogP) is 5.97. The molecule has 4 unspecified atom stereocenters. The third-order valence-electron chi connectivity index (χ3n) is 4.98. The molecule has 0 heterocycles. The molecule has 0 bridgehead atoms. The van der Waals surface area contributed by atoms with Gasteiger partial charge in [0.15, 0.2) is 11.9 Å². The second-order valence-corrected chi connectivity index (χ2v) is 7.94. The van der Waals surface area contributed by atoms with Crippen molar-refractivity contribution >= 4 is 11.6 Å². The van der Waals surface area contributed by atoms with Crippen molar-refractivity contribution in [1.29, 1.82) is 0 Å². The average Bonchev–Trinajstić information content (AvgIpc) is 2.56. The number of allylic oxidation sites excluding steroid dienone is 1. The highest BCUT2D eigenvalue weighted by Crippen LogP contribution is 2.28. The van der Waals surface area contributed by atoms with Gasteiger partial charge in [-0.3, -0.25) is 9.59 Å². The van der Waals surface area contributed by atoms with Crippen molar-refractivity contribution in [2.24, 2.45) is 23.7 Å². The van der Waals surface area contributed by atoms with Crippen molar-refractivity contribution in [1.82, 2.24) is 0 Å². The van der Waals surface area contributed by atoms with Gasteiger partial charge in [-0.1, -0.05) is 54.5 Å². The Morgan fingerprint density at radius 1 is 0.920 bits per heavy atom. The van der Waals surface area contributed by atoms with Crippen molar-refractivity contribution in [2.75, 3.05) is 0 Å². The maximum Gasteiger partial charge on any atom is 0.172 e. The van der Waals surface area contributed by atoms with Crippen LogP contribution >= 0.6 is 0 Å². The van der Waals surface area contributed by atoms with Crippen molar-refractivity contribution in [2.45, 2.75) is 93.1 Å². The fraction of sp³-hybridized carbons (Fsp3) is 0.818. The number of ether oxygens (including phenoxy) is 1. The highest BCUT2D eigenvalue weighted by Gasteiger charge is 2.24. The second kappa shape index (κ2) is 12.3. The van der Waals surface area contributed by atoms with Crippen LogP contribution in [0.4, 0.5) is 0 Å². The molecule has 146 valence electrons. The van der Waals surface area contributed by atoms with Gasteiger partial charge in [0, 0.05) is 24.2 Å². The first-order valence-corrected chi connectivity index (χ1v) is 10.1. The molecule has 25 heavy (non-hydrogen) atoms. The number of Topliss-reactive ketones (excluding diaryl/α,β-unsaturated/α-hetero) is 2. The van der Waals surface area contributed by atoms with Gasteiger partial charge in [0.1, 0.15) is 5.78 Å². The van der Waals surface area contributed by atoms with Crippen molar-refractivity contribution in [3.8, 4) is 0 Å². The minimum absolute atomic E-state index is 0.0682. The zero-order valence-electron chi connectivity index (χ0n) is 17.6. The van der Waals surface area contributed by atoms with E-state index in [0.29, 0.717) is 23.9 Å². The van der Waals surface area contributed by atoms with Crippen LogP contribution in [0.5, 0.6) is 0 Å². The molecule has 0 rings (SSSR count). The lowest BCUT2D eigenvalue weighted by Gasteiger charge is -2.25. The van der Waals surface area contributed by atoms with Gasteiger partial charge in [-0.05, 0) is 38.5 Å². The van der Waals surface area contributed by atoms with Crippen molar-refractivity contribution in [3.63, 3.8) is 0 Å². The average molecular weight is 353 g/mol. The number of hydrogen-bond acceptors (Lipinski definition) is 3. The number of ketones is 2. The van der Waals surface area contributed by atoms with Crippen molar-refractivity contribution < 1.29 is 14.3 Å². The Morgan fingerprint density at radius 3 is 1.96 bits per heavy atom. The SMILES string of the molecule is C=C(OC(C)C(=O)CC)C(CCC(C)C(=O)C(C)CCC)CC(C)C. The lowest BCUT2D eigenvalue weighted by Crippen LogP contribution is -2.24. The summed E-state index contributed by atoms with van der Waals surface area (Å²) in [7, 11) is 0. The van der Waals surface area contributed by atoms with Gasteiger partial charge in [-0.2, -0.15) is 0 Å².